The number of furan rings is 1. The van der Waals surface area contributed by atoms with Crippen molar-refractivity contribution >= 4 is 22.9 Å². The van der Waals surface area contributed by atoms with Crippen LogP contribution in [-0.4, -0.2) is 4.98 Å². The number of nitrogens with zero attached hydrogens (tertiary/aromatic N) is 1. The number of rotatable bonds is 4. The summed E-state index contributed by atoms with van der Waals surface area (Å²) in [5.41, 5.74) is 1.97. The van der Waals surface area contributed by atoms with Crippen LogP contribution in [0.3, 0.4) is 0 Å². The van der Waals surface area contributed by atoms with Gasteiger partial charge in [0.05, 0.1) is 17.0 Å². The van der Waals surface area contributed by atoms with Gasteiger partial charge in [-0.2, -0.15) is 0 Å². The van der Waals surface area contributed by atoms with Gasteiger partial charge in [0, 0.05) is 5.38 Å². The van der Waals surface area contributed by atoms with Crippen molar-refractivity contribution < 1.29 is 9.15 Å². The summed E-state index contributed by atoms with van der Waals surface area (Å²) in [6, 6.07) is 9.44. The fourth-order valence-electron chi connectivity index (χ4n) is 1.76. The van der Waals surface area contributed by atoms with Crippen LogP contribution in [0.25, 0.3) is 10.8 Å². The highest BCUT2D eigenvalue weighted by Crippen LogP contribution is 2.28. The molecule has 0 saturated heterocycles. The average molecular weight is 306 g/mol. The highest BCUT2D eigenvalue weighted by Gasteiger charge is 2.08. The summed E-state index contributed by atoms with van der Waals surface area (Å²) < 4.78 is 11.0. The van der Waals surface area contributed by atoms with E-state index in [0.29, 0.717) is 17.4 Å². The quantitative estimate of drug-likeness (QED) is 0.684. The summed E-state index contributed by atoms with van der Waals surface area (Å²) in [6.07, 6.45) is 1.64. The zero-order valence-electron chi connectivity index (χ0n) is 10.8. The number of aromatic nitrogens is 1. The Hall–Kier alpha value is -1.78. The molecule has 5 heteroatoms. The first kappa shape index (κ1) is 13.2. The van der Waals surface area contributed by atoms with Crippen LogP contribution in [-0.2, 0) is 6.61 Å². The molecule has 0 amide bonds. The fourth-order valence-corrected chi connectivity index (χ4v) is 2.70. The van der Waals surface area contributed by atoms with Crippen molar-refractivity contribution in [2.45, 2.75) is 13.5 Å². The third kappa shape index (κ3) is 2.86. The number of aryl methyl sites for hydroxylation is 1. The highest BCUT2D eigenvalue weighted by atomic mass is 35.5. The number of hydrogen-bond acceptors (Lipinski definition) is 4. The Morgan fingerprint density at radius 2 is 2.25 bits per heavy atom. The predicted molar refractivity (Wildman–Crippen MR) is 80.3 cm³/mol. The van der Waals surface area contributed by atoms with E-state index < -0.39 is 0 Å². The lowest BCUT2D eigenvalue weighted by Crippen LogP contribution is -1.96. The van der Waals surface area contributed by atoms with Crippen molar-refractivity contribution in [3.63, 3.8) is 0 Å². The molecule has 0 spiro atoms. The van der Waals surface area contributed by atoms with Gasteiger partial charge in [-0.05, 0) is 36.8 Å². The van der Waals surface area contributed by atoms with Crippen LogP contribution in [0.15, 0.2) is 46.4 Å². The molecule has 1 aromatic carbocycles. The Kier molecular flexibility index (Phi) is 3.76. The fraction of sp³-hybridized carbons (Fsp3) is 0.133. The lowest BCUT2D eigenvalue weighted by atomic mass is 10.2. The van der Waals surface area contributed by atoms with Crippen LogP contribution in [0.2, 0.25) is 5.02 Å². The molecule has 0 atom stereocenters. The van der Waals surface area contributed by atoms with Crippen molar-refractivity contribution in [3.8, 4) is 16.5 Å². The van der Waals surface area contributed by atoms with Gasteiger partial charge in [0.25, 0.3) is 0 Å². The number of ether oxygens (including phenoxy) is 1. The van der Waals surface area contributed by atoms with E-state index in [9.17, 15) is 0 Å². The number of hydrogen-bond donors (Lipinski definition) is 0. The lowest BCUT2D eigenvalue weighted by Gasteiger charge is -2.07. The molecule has 0 unspecified atom stereocenters. The number of benzene rings is 1. The van der Waals surface area contributed by atoms with E-state index in [0.717, 1.165) is 22.0 Å². The molecule has 2 heterocycles. The van der Waals surface area contributed by atoms with Gasteiger partial charge in [0.2, 0.25) is 0 Å². The Balaban J connectivity index is 1.71. The van der Waals surface area contributed by atoms with E-state index in [2.05, 4.69) is 4.98 Å². The third-order valence-corrected chi connectivity index (χ3v) is 3.96. The minimum Gasteiger partial charge on any atom is -0.486 e. The molecule has 0 N–H and O–H groups in total. The van der Waals surface area contributed by atoms with E-state index in [1.807, 2.05) is 42.6 Å². The maximum Gasteiger partial charge on any atom is 0.162 e. The second-order valence-electron chi connectivity index (χ2n) is 4.34. The first-order valence-electron chi connectivity index (χ1n) is 6.09. The molecular formula is C15H12ClNO2S. The molecular weight excluding hydrogens is 294 g/mol. The normalized spacial score (nSPS) is 10.7. The van der Waals surface area contributed by atoms with Gasteiger partial charge in [0.1, 0.15) is 12.4 Å². The molecule has 2 aromatic heterocycles. The third-order valence-electron chi connectivity index (χ3n) is 2.75. The minimum atomic E-state index is 0.389. The van der Waals surface area contributed by atoms with Crippen LogP contribution in [0, 0.1) is 6.92 Å². The first-order chi connectivity index (χ1) is 9.72. The molecule has 3 rings (SSSR count). The van der Waals surface area contributed by atoms with Crippen molar-refractivity contribution in [1.29, 1.82) is 0 Å². The summed E-state index contributed by atoms with van der Waals surface area (Å²) in [7, 11) is 0. The SMILES string of the molecule is Cc1ccc(Cl)c(OCc2csc(-c3ccco3)n2)c1. The van der Waals surface area contributed by atoms with E-state index >= 15 is 0 Å². The summed E-state index contributed by atoms with van der Waals surface area (Å²) >= 11 is 7.62. The zero-order chi connectivity index (χ0) is 13.9. The molecule has 0 aliphatic rings. The monoisotopic (exact) mass is 305 g/mol. The predicted octanol–water partition coefficient (Wildman–Crippen LogP) is 4.94. The number of halogens is 1. The van der Waals surface area contributed by atoms with E-state index in [-0.39, 0.29) is 0 Å². The number of thiazole rings is 1. The second-order valence-corrected chi connectivity index (χ2v) is 5.61. The van der Waals surface area contributed by atoms with Gasteiger partial charge < -0.3 is 9.15 Å². The largest absolute Gasteiger partial charge is 0.486 e. The summed E-state index contributed by atoms with van der Waals surface area (Å²) in [6.45, 7) is 2.39. The second kappa shape index (κ2) is 5.69. The summed E-state index contributed by atoms with van der Waals surface area (Å²) in [4.78, 5) is 4.48. The topological polar surface area (TPSA) is 35.3 Å². The van der Waals surface area contributed by atoms with Crippen molar-refractivity contribution in [3.05, 3.63) is 58.3 Å². The van der Waals surface area contributed by atoms with Crippen LogP contribution in [0.5, 0.6) is 5.75 Å². The molecule has 0 saturated carbocycles. The molecule has 0 aliphatic carbocycles. The van der Waals surface area contributed by atoms with Crippen LogP contribution >= 0.6 is 22.9 Å². The first-order valence-corrected chi connectivity index (χ1v) is 7.35. The van der Waals surface area contributed by atoms with Gasteiger partial charge in [-0.3, -0.25) is 0 Å². The maximum atomic E-state index is 6.09. The Morgan fingerprint density at radius 3 is 3.05 bits per heavy atom. The molecule has 20 heavy (non-hydrogen) atoms. The molecule has 0 aliphatic heterocycles. The van der Waals surface area contributed by atoms with E-state index in [1.54, 1.807) is 6.26 Å². The summed E-state index contributed by atoms with van der Waals surface area (Å²) in [5, 5.41) is 3.42. The van der Waals surface area contributed by atoms with Gasteiger partial charge in [-0.15, -0.1) is 11.3 Å². The van der Waals surface area contributed by atoms with E-state index in [4.69, 9.17) is 20.8 Å². The standard InChI is InChI=1S/C15H12ClNO2S/c1-10-4-5-12(16)14(7-10)19-8-11-9-20-15(17-11)13-3-2-6-18-13/h2-7,9H,8H2,1H3. The highest BCUT2D eigenvalue weighted by molar-refractivity contribution is 7.13. The van der Waals surface area contributed by atoms with Crippen LogP contribution < -0.4 is 4.74 Å². The molecule has 3 nitrogen and oxygen atoms in total. The van der Waals surface area contributed by atoms with Gasteiger partial charge >= 0.3 is 0 Å². The molecule has 102 valence electrons. The molecule has 0 fully saturated rings. The van der Waals surface area contributed by atoms with Crippen molar-refractivity contribution in [2.24, 2.45) is 0 Å². The van der Waals surface area contributed by atoms with Gasteiger partial charge in [-0.1, -0.05) is 17.7 Å². The van der Waals surface area contributed by atoms with E-state index in [1.165, 1.54) is 11.3 Å². The lowest BCUT2D eigenvalue weighted by molar-refractivity contribution is 0.302. The smallest absolute Gasteiger partial charge is 0.162 e. The minimum absolute atomic E-state index is 0.389. The Bertz CT molecular complexity index is 706. The maximum absolute atomic E-state index is 6.09. The van der Waals surface area contributed by atoms with Crippen molar-refractivity contribution in [1.82, 2.24) is 4.98 Å². The van der Waals surface area contributed by atoms with Crippen LogP contribution in [0.4, 0.5) is 0 Å². The molecule has 3 aromatic rings. The van der Waals surface area contributed by atoms with Gasteiger partial charge in [-0.25, -0.2) is 4.98 Å². The average Bonchev–Trinajstić information content (AvgIpc) is 3.09. The Morgan fingerprint density at radius 1 is 1.35 bits per heavy atom. The zero-order valence-corrected chi connectivity index (χ0v) is 12.4. The molecule has 0 radical (unpaired) electrons. The van der Waals surface area contributed by atoms with Crippen LogP contribution in [0.1, 0.15) is 11.3 Å². The van der Waals surface area contributed by atoms with Gasteiger partial charge in [0.15, 0.2) is 10.8 Å². The molecule has 0 bridgehead atoms. The Labute approximate surface area is 125 Å². The van der Waals surface area contributed by atoms with Crippen molar-refractivity contribution in [2.75, 3.05) is 0 Å². The summed E-state index contributed by atoms with van der Waals surface area (Å²) in [5.74, 6) is 1.45.